The number of hydrogen-bond donors (Lipinski definition) is 2. The smallest absolute Gasteiger partial charge is 0.240 e. The summed E-state index contributed by atoms with van der Waals surface area (Å²) in [4.78, 5) is 4.09. The minimum atomic E-state index is 0.177. The third kappa shape index (κ3) is 1.81. The lowest BCUT2D eigenvalue weighted by atomic mass is 10.1. The fraction of sp³-hybridized carbons (Fsp3) is 0.200. The van der Waals surface area contributed by atoms with Gasteiger partial charge in [-0.3, -0.25) is 0 Å². The number of aromatic hydroxyl groups is 1. The van der Waals surface area contributed by atoms with Crippen molar-refractivity contribution >= 4 is 15.9 Å². The zero-order valence-corrected chi connectivity index (χ0v) is 10.2. The van der Waals surface area contributed by atoms with Gasteiger partial charge >= 0.3 is 0 Å². The van der Waals surface area contributed by atoms with Gasteiger partial charge < -0.3 is 15.4 Å². The molecule has 0 atom stereocenters. The van der Waals surface area contributed by atoms with Crippen LogP contribution < -0.4 is 5.73 Å². The van der Waals surface area contributed by atoms with Crippen molar-refractivity contribution in [2.75, 3.05) is 0 Å². The topological polar surface area (TPSA) is 85.2 Å². The van der Waals surface area contributed by atoms with Crippen LogP contribution in [0.3, 0.4) is 0 Å². The Kier molecular flexibility index (Phi) is 2.93. The number of aromatic nitrogens is 2. The number of rotatable bonds is 2. The van der Waals surface area contributed by atoms with Gasteiger partial charge in [0, 0.05) is 5.56 Å². The first-order valence-corrected chi connectivity index (χ1v) is 5.44. The Morgan fingerprint density at radius 3 is 2.88 bits per heavy atom. The van der Waals surface area contributed by atoms with Crippen LogP contribution in [0, 0.1) is 6.92 Å². The second-order valence-electron chi connectivity index (χ2n) is 3.31. The molecule has 1 aromatic carbocycles. The predicted molar refractivity (Wildman–Crippen MR) is 61.7 cm³/mol. The average molecular weight is 284 g/mol. The van der Waals surface area contributed by atoms with Crippen molar-refractivity contribution in [2.45, 2.75) is 13.5 Å². The summed E-state index contributed by atoms with van der Waals surface area (Å²) in [5.74, 6) is 0.946. The lowest BCUT2D eigenvalue weighted by Crippen LogP contribution is -1.95. The van der Waals surface area contributed by atoms with Crippen molar-refractivity contribution in [1.29, 1.82) is 0 Å². The van der Waals surface area contributed by atoms with E-state index in [1.807, 2.05) is 13.0 Å². The zero-order valence-electron chi connectivity index (χ0n) is 8.57. The van der Waals surface area contributed by atoms with E-state index in [2.05, 4.69) is 26.1 Å². The van der Waals surface area contributed by atoms with Gasteiger partial charge in [-0.1, -0.05) is 11.2 Å². The Labute approximate surface area is 100 Å². The van der Waals surface area contributed by atoms with E-state index in [9.17, 15) is 5.11 Å². The van der Waals surface area contributed by atoms with E-state index in [1.54, 1.807) is 6.07 Å². The summed E-state index contributed by atoms with van der Waals surface area (Å²) in [6, 6.07) is 3.60. The zero-order chi connectivity index (χ0) is 11.7. The fourth-order valence-corrected chi connectivity index (χ4v) is 1.90. The maximum atomic E-state index is 9.75. The van der Waals surface area contributed by atoms with Crippen LogP contribution in [0.2, 0.25) is 0 Å². The highest BCUT2D eigenvalue weighted by molar-refractivity contribution is 9.10. The predicted octanol–water partition coefficient (Wildman–Crippen LogP) is 1.97. The molecule has 0 unspecified atom stereocenters. The fourth-order valence-electron chi connectivity index (χ4n) is 1.28. The second kappa shape index (κ2) is 4.23. The van der Waals surface area contributed by atoms with Crippen molar-refractivity contribution in [3.63, 3.8) is 0 Å². The summed E-state index contributed by atoms with van der Waals surface area (Å²) < 4.78 is 5.46. The van der Waals surface area contributed by atoms with Crippen LogP contribution >= 0.6 is 15.9 Å². The van der Waals surface area contributed by atoms with Crippen LogP contribution in [-0.2, 0) is 6.54 Å². The van der Waals surface area contributed by atoms with Crippen molar-refractivity contribution < 1.29 is 9.63 Å². The number of nitrogens with two attached hydrogens (primary N) is 1. The molecular weight excluding hydrogens is 274 g/mol. The monoisotopic (exact) mass is 283 g/mol. The Bertz CT molecular complexity index is 525. The molecule has 2 rings (SSSR count). The maximum absolute atomic E-state index is 9.75. The maximum Gasteiger partial charge on any atom is 0.240 e. The number of phenolic OH excluding ortho intramolecular Hbond substituents is 1. The third-order valence-corrected chi connectivity index (χ3v) is 3.00. The minimum absolute atomic E-state index is 0.177. The molecule has 6 heteroatoms. The van der Waals surface area contributed by atoms with Gasteiger partial charge in [-0.25, -0.2) is 0 Å². The van der Waals surface area contributed by atoms with Crippen LogP contribution in [0.5, 0.6) is 5.75 Å². The standard InChI is InChI=1S/C10H10BrN3O2/c1-5-2-3-6(8(11)9(5)15)10-13-7(4-12)16-14-10/h2-3,15H,4,12H2,1H3. The average Bonchev–Trinajstić information content (AvgIpc) is 2.74. The van der Waals surface area contributed by atoms with Crippen LogP contribution in [0.4, 0.5) is 0 Å². The Balaban J connectivity index is 2.52. The Hall–Kier alpha value is -1.40. The van der Waals surface area contributed by atoms with Crippen molar-refractivity contribution in [2.24, 2.45) is 5.73 Å². The van der Waals surface area contributed by atoms with Gasteiger partial charge in [-0.2, -0.15) is 4.98 Å². The van der Waals surface area contributed by atoms with Gasteiger partial charge in [-0.15, -0.1) is 0 Å². The van der Waals surface area contributed by atoms with Gasteiger partial charge in [0.05, 0.1) is 11.0 Å². The summed E-state index contributed by atoms with van der Waals surface area (Å²) in [5, 5.41) is 13.5. The van der Waals surface area contributed by atoms with Gasteiger partial charge in [0.1, 0.15) is 5.75 Å². The normalized spacial score (nSPS) is 10.7. The quantitative estimate of drug-likeness (QED) is 0.880. The molecule has 0 aliphatic carbocycles. The molecule has 1 aromatic heterocycles. The molecule has 2 aromatic rings. The van der Waals surface area contributed by atoms with Gasteiger partial charge in [0.25, 0.3) is 0 Å². The van der Waals surface area contributed by atoms with E-state index >= 15 is 0 Å². The molecule has 0 radical (unpaired) electrons. The molecule has 0 bridgehead atoms. The van der Waals surface area contributed by atoms with Gasteiger partial charge in [0.2, 0.25) is 11.7 Å². The lowest BCUT2D eigenvalue weighted by molar-refractivity contribution is 0.380. The molecule has 0 saturated heterocycles. The van der Waals surface area contributed by atoms with Crippen molar-refractivity contribution in [1.82, 2.24) is 10.1 Å². The molecule has 84 valence electrons. The summed E-state index contributed by atoms with van der Waals surface area (Å²) in [5.41, 5.74) is 6.82. The molecule has 0 saturated carbocycles. The number of aryl methyl sites for hydroxylation is 1. The second-order valence-corrected chi connectivity index (χ2v) is 4.10. The molecule has 0 spiro atoms. The highest BCUT2D eigenvalue weighted by atomic mass is 79.9. The number of halogens is 1. The van der Waals surface area contributed by atoms with E-state index in [1.165, 1.54) is 0 Å². The minimum Gasteiger partial charge on any atom is -0.506 e. The van der Waals surface area contributed by atoms with Crippen molar-refractivity contribution in [3.05, 3.63) is 28.1 Å². The van der Waals surface area contributed by atoms with Crippen LogP contribution in [0.25, 0.3) is 11.4 Å². The summed E-state index contributed by atoms with van der Waals surface area (Å²) in [7, 11) is 0. The summed E-state index contributed by atoms with van der Waals surface area (Å²) in [6.07, 6.45) is 0. The van der Waals surface area contributed by atoms with Gasteiger partial charge in [0.15, 0.2) is 0 Å². The first kappa shape index (κ1) is 11.1. The SMILES string of the molecule is Cc1ccc(-c2noc(CN)n2)c(Br)c1O. The highest BCUT2D eigenvalue weighted by Crippen LogP contribution is 2.35. The number of benzene rings is 1. The lowest BCUT2D eigenvalue weighted by Gasteiger charge is -2.04. The highest BCUT2D eigenvalue weighted by Gasteiger charge is 2.14. The number of phenols is 1. The Morgan fingerprint density at radius 2 is 2.25 bits per heavy atom. The molecule has 0 aliphatic heterocycles. The molecule has 0 fully saturated rings. The van der Waals surface area contributed by atoms with Crippen LogP contribution in [0.15, 0.2) is 21.1 Å². The molecule has 1 heterocycles. The number of nitrogens with zero attached hydrogens (tertiary/aromatic N) is 2. The Morgan fingerprint density at radius 1 is 1.50 bits per heavy atom. The van der Waals surface area contributed by atoms with E-state index in [-0.39, 0.29) is 12.3 Å². The number of hydrogen-bond acceptors (Lipinski definition) is 5. The molecule has 0 amide bonds. The summed E-state index contributed by atoms with van der Waals surface area (Å²) in [6.45, 7) is 2.01. The van der Waals surface area contributed by atoms with E-state index in [4.69, 9.17) is 10.3 Å². The molecule has 3 N–H and O–H groups in total. The van der Waals surface area contributed by atoms with E-state index < -0.39 is 0 Å². The largest absolute Gasteiger partial charge is 0.506 e. The summed E-state index contributed by atoms with van der Waals surface area (Å²) >= 11 is 3.30. The van der Waals surface area contributed by atoms with Gasteiger partial charge in [-0.05, 0) is 34.5 Å². The first-order valence-electron chi connectivity index (χ1n) is 4.64. The molecule has 0 aliphatic rings. The third-order valence-electron chi connectivity index (χ3n) is 2.20. The molecule has 5 nitrogen and oxygen atoms in total. The first-order chi connectivity index (χ1) is 7.63. The molecular formula is C10H10BrN3O2. The molecule has 16 heavy (non-hydrogen) atoms. The van der Waals surface area contributed by atoms with Crippen LogP contribution in [-0.4, -0.2) is 15.2 Å². The van der Waals surface area contributed by atoms with E-state index in [0.717, 1.165) is 5.56 Å². The van der Waals surface area contributed by atoms with Crippen LogP contribution in [0.1, 0.15) is 11.5 Å². The van der Waals surface area contributed by atoms with Crippen molar-refractivity contribution in [3.8, 4) is 17.1 Å². The van der Waals surface area contributed by atoms with E-state index in [0.29, 0.717) is 21.8 Å².